The van der Waals surface area contributed by atoms with Crippen molar-refractivity contribution in [2.75, 3.05) is 18.0 Å². The van der Waals surface area contributed by atoms with Crippen LogP contribution >= 0.6 is 11.6 Å². The SMILES string of the molecule is CC(C)(O)C1CCCN(c2cnc(-c3ccc(F)cc3F)c(-c3ccncc3Cl)n2)C1. The van der Waals surface area contributed by atoms with Gasteiger partial charge in [-0.1, -0.05) is 11.6 Å². The lowest BCUT2D eigenvalue weighted by atomic mass is 9.84. The first kappa shape index (κ1) is 21.6. The van der Waals surface area contributed by atoms with Crippen molar-refractivity contribution in [2.45, 2.75) is 32.3 Å². The second-order valence-corrected chi connectivity index (χ2v) is 8.75. The van der Waals surface area contributed by atoms with Crippen molar-refractivity contribution in [3.05, 3.63) is 59.5 Å². The van der Waals surface area contributed by atoms with Crippen molar-refractivity contribution in [3.8, 4) is 22.5 Å². The van der Waals surface area contributed by atoms with Crippen LogP contribution in [0.15, 0.2) is 42.9 Å². The molecule has 1 N–H and O–H groups in total. The molecular weight excluding hydrogens is 422 g/mol. The average molecular weight is 445 g/mol. The molecule has 8 heteroatoms. The van der Waals surface area contributed by atoms with Gasteiger partial charge in [-0.3, -0.25) is 4.98 Å². The van der Waals surface area contributed by atoms with Crippen LogP contribution < -0.4 is 4.90 Å². The number of piperidine rings is 1. The summed E-state index contributed by atoms with van der Waals surface area (Å²) in [5.74, 6) is -0.692. The first-order valence-corrected chi connectivity index (χ1v) is 10.5. The molecule has 31 heavy (non-hydrogen) atoms. The largest absolute Gasteiger partial charge is 0.390 e. The normalized spacial score (nSPS) is 17.1. The summed E-state index contributed by atoms with van der Waals surface area (Å²) in [6.07, 6.45) is 6.49. The van der Waals surface area contributed by atoms with E-state index in [2.05, 4.69) is 14.9 Å². The minimum Gasteiger partial charge on any atom is -0.390 e. The molecule has 3 heterocycles. The fourth-order valence-electron chi connectivity index (χ4n) is 3.93. The molecule has 1 saturated heterocycles. The Morgan fingerprint density at radius 2 is 1.94 bits per heavy atom. The van der Waals surface area contributed by atoms with Crippen LogP contribution in [-0.4, -0.2) is 38.7 Å². The summed E-state index contributed by atoms with van der Waals surface area (Å²) < 4.78 is 28.0. The number of hydrogen-bond acceptors (Lipinski definition) is 5. The molecule has 0 spiro atoms. The van der Waals surface area contributed by atoms with Crippen molar-refractivity contribution < 1.29 is 13.9 Å². The van der Waals surface area contributed by atoms with Crippen LogP contribution in [0, 0.1) is 17.6 Å². The number of benzene rings is 1. The molecule has 162 valence electrons. The van der Waals surface area contributed by atoms with Crippen molar-refractivity contribution in [1.29, 1.82) is 0 Å². The molecule has 1 aliphatic rings. The monoisotopic (exact) mass is 444 g/mol. The Morgan fingerprint density at radius 3 is 2.65 bits per heavy atom. The predicted octanol–water partition coefficient (Wildman–Crippen LogP) is 5.12. The summed E-state index contributed by atoms with van der Waals surface area (Å²) in [4.78, 5) is 15.4. The topological polar surface area (TPSA) is 62.1 Å². The lowest BCUT2D eigenvalue weighted by Crippen LogP contribution is -2.45. The van der Waals surface area contributed by atoms with Crippen LogP contribution in [0.4, 0.5) is 14.6 Å². The average Bonchev–Trinajstić information content (AvgIpc) is 2.73. The number of anilines is 1. The van der Waals surface area contributed by atoms with Crippen LogP contribution in [0.5, 0.6) is 0 Å². The van der Waals surface area contributed by atoms with E-state index in [9.17, 15) is 13.9 Å². The predicted molar refractivity (Wildman–Crippen MR) is 117 cm³/mol. The third-order valence-corrected chi connectivity index (χ3v) is 6.02. The standard InChI is InChI=1S/C23H23ClF2N4O/c1-23(2,31)14-4-3-9-30(13-14)20-12-28-21(17-6-5-15(25)10-19(17)26)22(29-20)16-7-8-27-11-18(16)24/h5-8,10-12,14,31H,3-4,9,13H2,1-2H3. The van der Waals surface area contributed by atoms with Gasteiger partial charge in [-0.25, -0.2) is 18.7 Å². The van der Waals surface area contributed by atoms with Crippen molar-refractivity contribution in [1.82, 2.24) is 15.0 Å². The summed E-state index contributed by atoms with van der Waals surface area (Å²) in [7, 11) is 0. The van der Waals surface area contributed by atoms with E-state index in [0.29, 0.717) is 28.6 Å². The lowest BCUT2D eigenvalue weighted by Gasteiger charge is -2.39. The molecule has 5 nitrogen and oxygen atoms in total. The lowest BCUT2D eigenvalue weighted by molar-refractivity contribution is 0.0109. The third kappa shape index (κ3) is 4.52. The van der Waals surface area contributed by atoms with E-state index < -0.39 is 17.2 Å². The quantitative estimate of drug-likeness (QED) is 0.604. The Kier molecular flexibility index (Phi) is 5.90. The number of aromatic nitrogens is 3. The van der Waals surface area contributed by atoms with Gasteiger partial charge >= 0.3 is 0 Å². The summed E-state index contributed by atoms with van der Waals surface area (Å²) in [5.41, 5.74) is 0.545. The van der Waals surface area contributed by atoms with Crippen LogP contribution in [-0.2, 0) is 0 Å². The number of pyridine rings is 1. The molecule has 0 aliphatic carbocycles. The highest BCUT2D eigenvalue weighted by atomic mass is 35.5. The summed E-state index contributed by atoms with van der Waals surface area (Å²) in [5, 5.41) is 10.8. The van der Waals surface area contributed by atoms with Crippen LogP contribution in [0.3, 0.4) is 0 Å². The van der Waals surface area contributed by atoms with Crippen molar-refractivity contribution >= 4 is 17.4 Å². The Labute approximate surface area is 184 Å². The van der Waals surface area contributed by atoms with Crippen LogP contribution in [0.2, 0.25) is 5.02 Å². The highest BCUT2D eigenvalue weighted by Crippen LogP contribution is 2.36. The van der Waals surface area contributed by atoms with E-state index in [1.807, 2.05) is 13.8 Å². The van der Waals surface area contributed by atoms with Gasteiger partial charge in [-0.15, -0.1) is 0 Å². The molecule has 4 rings (SSSR count). The summed E-state index contributed by atoms with van der Waals surface area (Å²) in [6, 6.07) is 5.04. The van der Waals surface area contributed by atoms with Gasteiger partial charge < -0.3 is 10.0 Å². The highest BCUT2D eigenvalue weighted by molar-refractivity contribution is 6.33. The molecule has 1 aliphatic heterocycles. The summed E-state index contributed by atoms with van der Waals surface area (Å²) >= 11 is 6.37. The van der Waals surface area contributed by atoms with E-state index in [-0.39, 0.29) is 17.2 Å². The fraction of sp³-hybridized carbons (Fsp3) is 0.348. The maximum Gasteiger partial charge on any atom is 0.147 e. The smallest absolute Gasteiger partial charge is 0.147 e. The Morgan fingerprint density at radius 1 is 1.13 bits per heavy atom. The minimum absolute atomic E-state index is 0.0882. The number of hydrogen-bond donors (Lipinski definition) is 1. The molecule has 0 amide bonds. The molecule has 1 atom stereocenters. The maximum atomic E-state index is 14.6. The Balaban J connectivity index is 1.82. The number of rotatable bonds is 4. The molecular formula is C23H23ClF2N4O. The zero-order valence-corrected chi connectivity index (χ0v) is 18.1. The molecule has 2 aromatic heterocycles. The van der Waals surface area contributed by atoms with E-state index in [4.69, 9.17) is 16.6 Å². The molecule has 0 saturated carbocycles. The molecule has 0 radical (unpaired) electrons. The Hall–Kier alpha value is -2.64. The molecule has 1 fully saturated rings. The van der Waals surface area contributed by atoms with Crippen molar-refractivity contribution in [3.63, 3.8) is 0 Å². The fourth-order valence-corrected chi connectivity index (χ4v) is 4.14. The zero-order chi connectivity index (χ0) is 22.2. The van der Waals surface area contributed by atoms with E-state index in [0.717, 1.165) is 25.5 Å². The first-order valence-electron chi connectivity index (χ1n) is 10.1. The van der Waals surface area contributed by atoms with Crippen LogP contribution in [0.25, 0.3) is 22.5 Å². The molecule has 1 aromatic carbocycles. The van der Waals surface area contributed by atoms with Gasteiger partial charge in [0.1, 0.15) is 23.1 Å². The number of halogens is 3. The van der Waals surface area contributed by atoms with Gasteiger partial charge in [-0.2, -0.15) is 0 Å². The number of aliphatic hydroxyl groups is 1. The Bertz CT molecular complexity index is 1100. The van der Waals surface area contributed by atoms with E-state index in [1.54, 1.807) is 18.5 Å². The molecule has 3 aromatic rings. The zero-order valence-electron chi connectivity index (χ0n) is 17.3. The highest BCUT2D eigenvalue weighted by Gasteiger charge is 2.32. The molecule has 0 bridgehead atoms. The second kappa shape index (κ2) is 8.48. The van der Waals surface area contributed by atoms with E-state index in [1.165, 1.54) is 18.3 Å². The first-order chi connectivity index (χ1) is 14.7. The van der Waals surface area contributed by atoms with Gasteiger partial charge in [0.05, 0.1) is 22.5 Å². The van der Waals surface area contributed by atoms with Gasteiger partial charge in [-0.05, 0) is 44.9 Å². The van der Waals surface area contributed by atoms with Gasteiger partial charge in [0.2, 0.25) is 0 Å². The maximum absolute atomic E-state index is 14.6. The van der Waals surface area contributed by atoms with Gasteiger partial charge in [0.25, 0.3) is 0 Å². The van der Waals surface area contributed by atoms with Crippen molar-refractivity contribution in [2.24, 2.45) is 5.92 Å². The third-order valence-electron chi connectivity index (χ3n) is 5.72. The van der Waals surface area contributed by atoms with Crippen LogP contribution in [0.1, 0.15) is 26.7 Å². The second-order valence-electron chi connectivity index (χ2n) is 8.34. The summed E-state index contributed by atoms with van der Waals surface area (Å²) in [6.45, 7) is 5.03. The van der Waals surface area contributed by atoms with Gasteiger partial charge in [0.15, 0.2) is 0 Å². The minimum atomic E-state index is -0.805. The van der Waals surface area contributed by atoms with E-state index >= 15 is 0 Å². The number of nitrogens with zero attached hydrogens (tertiary/aromatic N) is 4. The van der Waals surface area contributed by atoms with Gasteiger partial charge in [0, 0.05) is 48.6 Å². The molecule has 1 unspecified atom stereocenters.